The molecule has 0 fully saturated rings. The number of carbonyl (C=O) groups is 1. The van der Waals surface area contributed by atoms with E-state index in [0.29, 0.717) is 6.61 Å². The third-order valence-electron chi connectivity index (χ3n) is 1.74. The van der Waals surface area contributed by atoms with Crippen molar-refractivity contribution in [2.45, 2.75) is 32.9 Å². The van der Waals surface area contributed by atoms with Crippen LogP contribution < -0.4 is 5.32 Å². The lowest BCUT2D eigenvalue weighted by Gasteiger charge is -2.19. The highest BCUT2D eigenvalue weighted by Gasteiger charge is 2.14. The largest absolute Gasteiger partial charge is 0.445 e. The summed E-state index contributed by atoms with van der Waals surface area (Å²) < 4.78 is 6.24. The Kier molecular flexibility index (Phi) is 4.58. The predicted molar refractivity (Wildman–Crippen MR) is 72.2 cm³/mol. The molecule has 1 N–H and O–H groups in total. The summed E-state index contributed by atoms with van der Waals surface area (Å²) >= 11 is 2.23. The van der Waals surface area contributed by atoms with Crippen molar-refractivity contribution in [1.29, 1.82) is 0 Å². The molecule has 1 aromatic carbocycles. The number of hydrogen-bond donors (Lipinski definition) is 1. The first-order valence-electron chi connectivity index (χ1n) is 5.06. The van der Waals surface area contributed by atoms with Gasteiger partial charge in [0.05, 0.1) is 0 Å². The van der Waals surface area contributed by atoms with Crippen LogP contribution in [0, 0.1) is 3.57 Å². The first-order chi connectivity index (χ1) is 7.37. The van der Waals surface area contributed by atoms with Crippen LogP contribution in [0.4, 0.5) is 4.79 Å². The second kappa shape index (κ2) is 5.52. The fourth-order valence-corrected chi connectivity index (χ4v) is 1.73. The van der Waals surface area contributed by atoms with Crippen LogP contribution in [-0.2, 0) is 11.3 Å². The average Bonchev–Trinajstić information content (AvgIpc) is 2.12. The standard InChI is InChI=1S/C12H16INO2/c1-12(2,3)14-11(15)16-8-9-5-4-6-10(13)7-9/h4-7H,8H2,1-3H3,(H,14,15). The maximum absolute atomic E-state index is 11.4. The summed E-state index contributed by atoms with van der Waals surface area (Å²) in [5.41, 5.74) is 0.735. The van der Waals surface area contributed by atoms with Crippen molar-refractivity contribution in [3.05, 3.63) is 33.4 Å². The molecule has 0 unspecified atom stereocenters. The highest BCUT2D eigenvalue weighted by molar-refractivity contribution is 14.1. The van der Waals surface area contributed by atoms with Crippen LogP contribution in [0.1, 0.15) is 26.3 Å². The van der Waals surface area contributed by atoms with E-state index < -0.39 is 0 Å². The van der Waals surface area contributed by atoms with Crippen molar-refractivity contribution in [3.8, 4) is 0 Å². The highest BCUT2D eigenvalue weighted by atomic mass is 127. The maximum Gasteiger partial charge on any atom is 0.407 e. The van der Waals surface area contributed by atoms with Crippen molar-refractivity contribution in [2.75, 3.05) is 0 Å². The molecule has 16 heavy (non-hydrogen) atoms. The zero-order valence-electron chi connectivity index (χ0n) is 9.71. The second-order valence-corrected chi connectivity index (χ2v) is 5.83. The van der Waals surface area contributed by atoms with Gasteiger partial charge in [-0.3, -0.25) is 0 Å². The van der Waals surface area contributed by atoms with Gasteiger partial charge in [-0.05, 0) is 61.1 Å². The van der Waals surface area contributed by atoms with Crippen LogP contribution in [-0.4, -0.2) is 11.6 Å². The summed E-state index contributed by atoms with van der Waals surface area (Å²) in [4.78, 5) is 11.4. The van der Waals surface area contributed by atoms with Crippen LogP contribution in [0.2, 0.25) is 0 Å². The molecule has 0 heterocycles. The molecule has 0 bridgehead atoms. The number of nitrogens with one attached hydrogen (secondary N) is 1. The number of benzene rings is 1. The number of alkyl carbamates (subject to hydrolysis) is 1. The Morgan fingerprint density at radius 1 is 1.44 bits per heavy atom. The minimum Gasteiger partial charge on any atom is -0.445 e. The van der Waals surface area contributed by atoms with Crippen LogP contribution in [0.3, 0.4) is 0 Å². The van der Waals surface area contributed by atoms with E-state index in [1.54, 1.807) is 0 Å². The smallest absolute Gasteiger partial charge is 0.407 e. The molecule has 0 aliphatic heterocycles. The number of halogens is 1. The van der Waals surface area contributed by atoms with Crippen LogP contribution >= 0.6 is 22.6 Å². The minimum absolute atomic E-state index is 0.262. The minimum atomic E-state index is -0.383. The Balaban J connectivity index is 2.43. The summed E-state index contributed by atoms with van der Waals surface area (Å²) in [5.74, 6) is 0. The van der Waals surface area contributed by atoms with Gasteiger partial charge in [-0.1, -0.05) is 12.1 Å². The van der Waals surface area contributed by atoms with Gasteiger partial charge in [0.25, 0.3) is 0 Å². The number of rotatable bonds is 2. The Morgan fingerprint density at radius 2 is 2.12 bits per heavy atom. The number of amides is 1. The molecule has 1 rings (SSSR count). The Hall–Kier alpha value is -0.780. The Labute approximate surface area is 110 Å². The van der Waals surface area contributed by atoms with Gasteiger partial charge in [-0.25, -0.2) is 4.79 Å². The fraction of sp³-hybridized carbons (Fsp3) is 0.417. The summed E-state index contributed by atoms with van der Waals surface area (Å²) in [6.07, 6.45) is -0.383. The maximum atomic E-state index is 11.4. The average molecular weight is 333 g/mol. The molecule has 0 aliphatic rings. The van der Waals surface area contributed by atoms with Gasteiger partial charge in [0.2, 0.25) is 0 Å². The monoisotopic (exact) mass is 333 g/mol. The molecular formula is C12H16INO2. The first-order valence-corrected chi connectivity index (χ1v) is 6.14. The lowest BCUT2D eigenvalue weighted by atomic mass is 10.1. The predicted octanol–water partition coefficient (Wildman–Crippen LogP) is 3.32. The van der Waals surface area contributed by atoms with Gasteiger partial charge >= 0.3 is 6.09 Å². The molecule has 0 spiro atoms. The number of ether oxygens (including phenoxy) is 1. The highest BCUT2D eigenvalue weighted by Crippen LogP contribution is 2.09. The molecule has 0 atom stereocenters. The van der Waals surface area contributed by atoms with E-state index in [1.807, 2.05) is 45.0 Å². The zero-order valence-corrected chi connectivity index (χ0v) is 11.9. The zero-order chi connectivity index (χ0) is 12.2. The molecule has 1 amide bonds. The van der Waals surface area contributed by atoms with Crippen molar-refractivity contribution >= 4 is 28.7 Å². The quantitative estimate of drug-likeness (QED) is 0.844. The van der Waals surface area contributed by atoms with Crippen LogP contribution in [0.25, 0.3) is 0 Å². The van der Waals surface area contributed by atoms with Crippen molar-refractivity contribution in [2.24, 2.45) is 0 Å². The van der Waals surface area contributed by atoms with Gasteiger partial charge in [0.1, 0.15) is 6.61 Å². The Morgan fingerprint density at radius 3 is 2.69 bits per heavy atom. The molecule has 3 nitrogen and oxygen atoms in total. The van der Waals surface area contributed by atoms with E-state index >= 15 is 0 Å². The third-order valence-corrected chi connectivity index (χ3v) is 2.41. The molecule has 0 aromatic heterocycles. The third kappa shape index (κ3) is 5.34. The van der Waals surface area contributed by atoms with Gasteiger partial charge in [-0.15, -0.1) is 0 Å². The molecular weight excluding hydrogens is 317 g/mol. The summed E-state index contributed by atoms with van der Waals surface area (Å²) in [6.45, 7) is 6.05. The molecule has 4 heteroatoms. The number of carbonyl (C=O) groups excluding carboxylic acids is 1. The SMILES string of the molecule is CC(C)(C)NC(=O)OCc1cccc(I)c1. The summed E-state index contributed by atoms with van der Waals surface area (Å²) in [7, 11) is 0. The van der Waals surface area contributed by atoms with E-state index in [2.05, 4.69) is 27.9 Å². The van der Waals surface area contributed by atoms with Gasteiger partial charge in [-0.2, -0.15) is 0 Å². The van der Waals surface area contributed by atoms with Crippen molar-refractivity contribution < 1.29 is 9.53 Å². The van der Waals surface area contributed by atoms with E-state index in [0.717, 1.165) is 9.13 Å². The number of hydrogen-bond acceptors (Lipinski definition) is 2. The Bertz CT molecular complexity index is 372. The van der Waals surface area contributed by atoms with Crippen LogP contribution in [0.5, 0.6) is 0 Å². The lowest BCUT2D eigenvalue weighted by Crippen LogP contribution is -2.40. The van der Waals surface area contributed by atoms with Crippen LogP contribution in [0.15, 0.2) is 24.3 Å². The lowest BCUT2D eigenvalue weighted by molar-refractivity contribution is 0.131. The van der Waals surface area contributed by atoms with E-state index in [-0.39, 0.29) is 11.6 Å². The second-order valence-electron chi connectivity index (χ2n) is 4.58. The molecule has 1 aromatic rings. The van der Waals surface area contributed by atoms with Gasteiger partial charge < -0.3 is 10.1 Å². The van der Waals surface area contributed by atoms with Gasteiger partial charge in [0, 0.05) is 9.11 Å². The summed E-state index contributed by atoms with van der Waals surface area (Å²) in [6, 6.07) is 7.87. The van der Waals surface area contributed by atoms with E-state index in [1.165, 1.54) is 0 Å². The topological polar surface area (TPSA) is 38.3 Å². The van der Waals surface area contributed by atoms with E-state index in [9.17, 15) is 4.79 Å². The molecule has 88 valence electrons. The normalized spacial score (nSPS) is 11.0. The summed E-state index contributed by atoms with van der Waals surface area (Å²) in [5, 5.41) is 2.74. The molecule has 0 aliphatic carbocycles. The molecule has 0 saturated carbocycles. The van der Waals surface area contributed by atoms with Crippen molar-refractivity contribution in [1.82, 2.24) is 5.32 Å². The molecule has 0 saturated heterocycles. The molecule has 0 radical (unpaired) electrons. The van der Waals surface area contributed by atoms with E-state index in [4.69, 9.17) is 4.74 Å². The first kappa shape index (κ1) is 13.3. The fourth-order valence-electron chi connectivity index (χ4n) is 1.12. The van der Waals surface area contributed by atoms with Crippen molar-refractivity contribution in [3.63, 3.8) is 0 Å². The van der Waals surface area contributed by atoms with Gasteiger partial charge in [0.15, 0.2) is 0 Å².